The summed E-state index contributed by atoms with van der Waals surface area (Å²) in [6, 6.07) is 0. The molecule has 0 saturated heterocycles. The summed E-state index contributed by atoms with van der Waals surface area (Å²) < 4.78 is 0. The summed E-state index contributed by atoms with van der Waals surface area (Å²) in [6.45, 7) is 2.14. The Balaban J connectivity index is 2.28. The topological polar surface area (TPSA) is 17.1 Å². The molecule has 50 valence electrons. The minimum Gasteiger partial charge on any atom is -0.299 e. The summed E-state index contributed by atoms with van der Waals surface area (Å²) in [5.41, 5.74) is 0.153. The average molecular weight is 124 g/mol. The van der Waals surface area contributed by atoms with Gasteiger partial charge in [0.25, 0.3) is 0 Å². The molecule has 2 aliphatic rings. The molecule has 0 N–H and O–H groups in total. The first-order valence-electron chi connectivity index (χ1n) is 3.77. The number of hydrogen-bond donors (Lipinski definition) is 0. The second-order valence-corrected chi connectivity index (χ2v) is 3.61. The van der Waals surface area contributed by atoms with Gasteiger partial charge in [-0.25, -0.2) is 0 Å². The summed E-state index contributed by atoms with van der Waals surface area (Å²) >= 11 is 0. The second kappa shape index (κ2) is 1.39. The summed E-state index contributed by atoms with van der Waals surface area (Å²) in [5.74, 6) is 1.30. The molecule has 2 saturated carbocycles. The highest BCUT2D eigenvalue weighted by Gasteiger charge is 2.51. The molecule has 0 bridgehead atoms. The predicted molar refractivity (Wildman–Crippen MR) is 35.1 cm³/mol. The van der Waals surface area contributed by atoms with Crippen molar-refractivity contribution in [3.63, 3.8) is 0 Å². The van der Waals surface area contributed by atoms with Crippen molar-refractivity contribution < 1.29 is 4.79 Å². The minimum atomic E-state index is 0.153. The highest BCUT2D eigenvalue weighted by atomic mass is 16.1. The number of hydrogen-bond acceptors (Lipinski definition) is 1. The lowest BCUT2D eigenvalue weighted by atomic mass is 9.63. The second-order valence-electron chi connectivity index (χ2n) is 3.61. The van der Waals surface area contributed by atoms with Crippen molar-refractivity contribution in [1.29, 1.82) is 0 Å². The molecule has 0 aromatic carbocycles. The Hall–Kier alpha value is -0.330. The van der Waals surface area contributed by atoms with Crippen LogP contribution in [0.3, 0.4) is 0 Å². The molecular weight excluding hydrogens is 112 g/mol. The Morgan fingerprint density at radius 1 is 1.56 bits per heavy atom. The van der Waals surface area contributed by atoms with Gasteiger partial charge in [0.15, 0.2) is 0 Å². The highest BCUT2D eigenvalue weighted by molar-refractivity contribution is 5.87. The monoisotopic (exact) mass is 124 g/mol. The number of fused-ring (bicyclic) bond motifs is 1. The van der Waals surface area contributed by atoms with Crippen LogP contribution >= 0.6 is 0 Å². The number of ketones is 1. The Labute approximate surface area is 55.4 Å². The van der Waals surface area contributed by atoms with Crippen LogP contribution in [0.5, 0.6) is 0 Å². The number of Topliss-reactive ketones (excluding diaryl/α,β-unsaturated/α-hetero) is 1. The van der Waals surface area contributed by atoms with Crippen molar-refractivity contribution in [2.24, 2.45) is 11.3 Å². The van der Waals surface area contributed by atoms with Crippen LogP contribution < -0.4 is 0 Å². The Kier molecular flexibility index (Phi) is 0.842. The summed E-state index contributed by atoms with van der Waals surface area (Å²) in [6.07, 6.45) is 4.51. The fourth-order valence-electron chi connectivity index (χ4n) is 2.20. The van der Waals surface area contributed by atoms with E-state index in [0.29, 0.717) is 5.78 Å². The van der Waals surface area contributed by atoms with E-state index in [1.807, 2.05) is 0 Å². The lowest BCUT2D eigenvalue weighted by Gasteiger charge is -2.40. The zero-order chi connectivity index (χ0) is 6.48. The molecule has 2 atom stereocenters. The molecule has 2 rings (SSSR count). The SMILES string of the molecule is C[C@]12CC[C@H]1CCC2=O. The van der Waals surface area contributed by atoms with Crippen molar-refractivity contribution in [2.75, 3.05) is 0 Å². The molecular formula is C8H12O. The maximum Gasteiger partial charge on any atom is 0.139 e. The van der Waals surface area contributed by atoms with Gasteiger partial charge in [-0.05, 0) is 25.2 Å². The first-order valence-corrected chi connectivity index (χ1v) is 3.77. The van der Waals surface area contributed by atoms with Crippen LogP contribution in [0.1, 0.15) is 32.6 Å². The van der Waals surface area contributed by atoms with Gasteiger partial charge in [0.1, 0.15) is 5.78 Å². The molecule has 1 heteroatoms. The molecule has 0 aliphatic heterocycles. The summed E-state index contributed by atoms with van der Waals surface area (Å²) in [7, 11) is 0. The van der Waals surface area contributed by atoms with E-state index in [0.717, 1.165) is 18.8 Å². The average Bonchev–Trinajstić information content (AvgIpc) is 1.96. The molecule has 0 spiro atoms. The third-order valence-corrected chi connectivity index (χ3v) is 3.27. The molecule has 0 aromatic rings. The Bertz CT molecular complexity index is 162. The van der Waals surface area contributed by atoms with E-state index in [4.69, 9.17) is 0 Å². The van der Waals surface area contributed by atoms with E-state index < -0.39 is 0 Å². The van der Waals surface area contributed by atoms with Crippen molar-refractivity contribution in [3.8, 4) is 0 Å². The van der Waals surface area contributed by atoms with Crippen LogP contribution in [-0.2, 0) is 4.79 Å². The van der Waals surface area contributed by atoms with Gasteiger partial charge < -0.3 is 0 Å². The van der Waals surface area contributed by atoms with Crippen LogP contribution in [0.15, 0.2) is 0 Å². The molecule has 0 amide bonds. The predicted octanol–water partition coefficient (Wildman–Crippen LogP) is 1.77. The maximum absolute atomic E-state index is 11.2. The maximum atomic E-state index is 11.2. The molecule has 1 nitrogen and oxygen atoms in total. The van der Waals surface area contributed by atoms with Gasteiger partial charge in [-0.1, -0.05) is 6.92 Å². The molecule has 2 aliphatic carbocycles. The third kappa shape index (κ3) is 0.480. The number of carbonyl (C=O) groups excluding carboxylic acids is 1. The molecule has 0 heterocycles. The number of rotatable bonds is 0. The molecule has 9 heavy (non-hydrogen) atoms. The Morgan fingerprint density at radius 2 is 2.33 bits per heavy atom. The zero-order valence-corrected chi connectivity index (χ0v) is 5.81. The van der Waals surface area contributed by atoms with Gasteiger partial charge in [0.2, 0.25) is 0 Å². The molecule has 2 fully saturated rings. The van der Waals surface area contributed by atoms with Crippen molar-refractivity contribution in [2.45, 2.75) is 32.6 Å². The molecule has 0 unspecified atom stereocenters. The largest absolute Gasteiger partial charge is 0.299 e. The first kappa shape index (κ1) is 5.45. The minimum absolute atomic E-state index is 0.153. The third-order valence-electron chi connectivity index (χ3n) is 3.27. The van der Waals surface area contributed by atoms with E-state index in [1.165, 1.54) is 12.8 Å². The summed E-state index contributed by atoms with van der Waals surface area (Å²) in [5, 5.41) is 0. The van der Waals surface area contributed by atoms with E-state index in [1.54, 1.807) is 0 Å². The summed E-state index contributed by atoms with van der Waals surface area (Å²) in [4.78, 5) is 11.2. The van der Waals surface area contributed by atoms with Crippen molar-refractivity contribution in [3.05, 3.63) is 0 Å². The lowest BCUT2D eigenvalue weighted by Crippen LogP contribution is -2.37. The lowest BCUT2D eigenvalue weighted by molar-refractivity contribution is -0.130. The first-order chi connectivity index (χ1) is 4.23. The quantitative estimate of drug-likeness (QED) is 0.481. The van der Waals surface area contributed by atoms with E-state index >= 15 is 0 Å². The number of carbonyl (C=O) groups is 1. The van der Waals surface area contributed by atoms with E-state index in [-0.39, 0.29) is 5.41 Å². The van der Waals surface area contributed by atoms with Gasteiger partial charge in [-0.2, -0.15) is 0 Å². The highest BCUT2D eigenvalue weighted by Crippen LogP contribution is 2.54. The van der Waals surface area contributed by atoms with Gasteiger partial charge in [0.05, 0.1) is 0 Å². The van der Waals surface area contributed by atoms with E-state index in [2.05, 4.69) is 6.92 Å². The smallest absolute Gasteiger partial charge is 0.139 e. The van der Waals surface area contributed by atoms with Crippen molar-refractivity contribution >= 4 is 5.78 Å². The fraction of sp³-hybridized carbons (Fsp3) is 0.875. The Morgan fingerprint density at radius 3 is 2.56 bits per heavy atom. The van der Waals surface area contributed by atoms with Gasteiger partial charge in [0, 0.05) is 11.8 Å². The van der Waals surface area contributed by atoms with Crippen LogP contribution in [0.25, 0.3) is 0 Å². The van der Waals surface area contributed by atoms with Crippen LogP contribution in [-0.4, -0.2) is 5.78 Å². The van der Waals surface area contributed by atoms with Gasteiger partial charge >= 0.3 is 0 Å². The van der Waals surface area contributed by atoms with Gasteiger partial charge in [-0.15, -0.1) is 0 Å². The van der Waals surface area contributed by atoms with E-state index in [9.17, 15) is 4.79 Å². The standard InChI is InChI=1S/C8H12O/c1-8-5-4-6(8)2-3-7(8)9/h6H,2-5H2,1H3/t6-,8+/m1/s1. The zero-order valence-electron chi connectivity index (χ0n) is 5.81. The van der Waals surface area contributed by atoms with Crippen LogP contribution in [0.2, 0.25) is 0 Å². The van der Waals surface area contributed by atoms with Crippen LogP contribution in [0, 0.1) is 11.3 Å². The van der Waals surface area contributed by atoms with Crippen molar-refractivity contribution in [1.82, 2.24) is 0 Å². The molecule has 0 aromatic heterocycles. The molecule has 0 radical (unpaired) electrons. The fourth-order valence-corrected chi connectivity index (χ4v) is 2.20. The normalized spacial score (nSPS) is 48.6. The van der Waals surface area contributed by atoms with Gasteiger partial charge in [-0.3, -0.25) is 4.79 Å². The van der Waals surface area contributed by atoms with Crippen LogP contribution in [0.4, 0.5) is 0 Å².